The van der Waals surface area contributed by atoms with E-state index in [0.29, 0.717) is 0 Å². The molecule has 1 saturated heterocycles. The van der Waals surface area contributed by atoms with E-state index in [4.69, 9.17) is 11.5 Å². The third kappa shape index (κ3) is 2.81. The summed E-state index contributed by atoms with van der Waals surface area (Å²) in [4.78, 5) is 32.8. The van der Waals surface area contributed by atoms with Crippen molar-refractivity contribution in [1.29, 1.82) is 0 Å². The van der Waals surface area contributed by atoms with Gasteiger partial charge in [0, 0.05) is 17.5 Å². The number of carboxylic acid groups (broad SMARTS) is 1. The number of hydrogen-bond acceptors (Lipinski definition) is 9. The van der Waals surface area contributed by atoms with Crippen molar-refractivity contribution < 1.29 is 38.7 Å². The number of benzene rings is 1. The second-order valence-corrected chi connectivity index (χ2v) is 8.95. The summed E-state index contributed by atoms with van der Waals surface area (Å²) in [7, 11) is 0. The minimum atomic E-state index is -3.06. The fraction of sp³-hybridized carbons (Fsp3) is 0.500. The molecule has 14 heteroatoms. The Balaban J connectivity index is 1.50. The molecule has 3 heterocycles. The Morgan fingerprint density at radius 1 is 1.29 bits per heavy atom. The van der Waals surface area contributed by atoms with Crippen LogP contribution in [-0.4, -0.2) is 80.1 Å². The molecule has 182 valence electrons. The van der Waals surface area contributed by atoms with Crippen LogP contribution in [0.15, 0.2) is 23.2 Å². The quantitative estimate of drug-likeness (QED) is 0.199. The second kappa shape index (κ2) is 6.99. The zero-order chi connectivity index (χ0) is 24.6. The average Bonchev–Trinajstić information content (AvgIpc) is 3.22. The van der Waals surface area contributed by atoms with Gasteiger partial charge >= 0.3 is 11.9 Å². The van der Waals surface area contributed by atoms with Crippen LogP contribution < -0.4 is 27.1 Å². The Labute approximate surface area is 191 Å². The number of nitrogens with zero attached hydrogens (tertiary/aromatic N) is 2. The first-order valence-corrected chi connectivity index (χ1v) is 10.7. The molecule has 0 bridgehead atoms. The van der Waals surface area contributed by atoms with Crippen LogP contribution in [0.3, 0.4) is 0 Å². The summed E-state index contributed by atoms with van der Waals surface area (Å²) < 4.78 is 28.7. The number of rotatable bonds is 3. The fourth-order valence-electron chi connectivity index (χ4n) is 5.55. The van der Waals surface area contributed by atoms with Crippen molar-refractivity contribution in [3.63, 3.8) is 0 Å². The number of hydrogen-bond donors (Lipinski definition) is 8. The van der Waals surface area contributed by atoms with Crippen molar-refractivity contribution in [3.05, 3.63) is 34.9 Å². The first-order chi connectivity index (χ1) is 15.9. The third-order valence-corrected chi connectivity index (χ3v) is 7.08. The standard InChI is InChI=1S/C20H23F2N7O5/c21-18(22)6-2-4-8-9(3-1-5-10(8)18)14(30)25-11-7-29-17(24)26-12(15(31)32)13-19(29,20(11,33)34)28-16(23)27-13/h1,3,5,11-13,33-34H,2,4,6-7H2,(H2,24,26)(H,25,30)(H,31,32)(H3,23,27,28)/p+1/t11-,12+,13-,19-/m0/s1. The number of aliphatic hydroxyl groups is 2. The van der Waals surface area contributed by atoms with E-state index in [1.807, 2.05) is 0 Å². The summed E-state index contributed by atoms with van der Waals surface area (Å²) in [6, 6.07) is -0.150. The van der Waals surface area contributed by atoms with E-state index in [2.05, 4.69) is 20.6 Å². The van der Waals surface area contributed by atoms with Crippen LogP contribution in [0.1, 0.15) is 34.3 Å². The van der Waals surface area contributed by atoms with Gasteiger partial charge in [-0.25, -0.2) is 23.9 Å². The molecule has 1 aromatic rings. The molecule has 0 radical (unpaired) electrons. The predicted octanol–water partition coefficient (Wildman–Crippen LogP) is -3.95. The van der Waals surface area contributed by atoms with Crippen LogP contribution >= 0.6 is 0 Å². The number of aliphatic carboxylic acids is 1. The number of fused-ring (bicyclic) bond motifs is 1. The lowest BCUT2D eigenvalue weighted by atomic mass is 9.84. The molecule has 4 atom stereocenters. The number of nitrogens with one attached hydrogen (secondary N) is 3. The summed E-state index contributed by atoms with van der Waals surface area (Å²) in [5, 5.41) is 37.3. The summed E-state index contributed by atoms with van der Waals surface area (Å²) in [6.45, 7) is -0.274. The number of carbonyl (C=O) groups is 2. The van der Waals surface area contributed by atoms with Gasteiger partial charge < -0.3 is 26.4 Å². The number of nitrogens with two attached hydrogens (primary N) is 2. The number of amides is 1. The maximum atomic E-state index is 14.4. The van der Waals surface area contributed by atoms with E-state index in [-0.39, 0.29) is 54.4 Å². The van der Waals surface area contributed by atoms with Gasteiger partial charge in [0.15, 0.2) is 18.0 Å². The van der Waals surface area contributed by atoms with Crippen molar-refractivity contribution in [2.24, 2.45) is 16.5 Å². The Morgan fingerprint density at radius 2 is 2.03 bits per heavy atom. The number of carboxylic acids is 1. The minimum Gasteiger partial charge on any atom is -0.480 e. The molecule has 1 spiro atoms. The molecule has 1 fully saturated rings. The highest BCUT2D eigenvalue weighted by Gasteiger charge is 2.77. The van der Waals surface area contributed by atoms with Crippen molar-refractivity contribution in [2.45, 2.75) is 54.8 Å². The number of carbonyl (C=O) groups excluding carboxylic acids is 1. The molecule has 4 aliphatic rings. The molecule has 10 N–H and O–H groups in total. The normalized spacial score (nSPS) is 32.5. The van der Waals surface area contributed by atoms with Crippen molar-refractivity contribution in [2.75, 3.05) is 6.54 Å². The summed E-state index contributed by atoms with van der Waals surface area (Å²) in [5.74, 6) is -8.46. The van der Waals surface area contributed by atoms with Crippen molar-refractivity contribution in [3.8, 4) is 0 Å². The molecular formula is C20H24F2N7O5+. The first kappa shape index (κ1) is 22.3. The molecule has 3 aliphatic heterocycles. The first-order valence-electron chi connectivity index (χ1n) is 10.7. The summed E-state index contributed by atoms with van der Waals surface area (Å²) >= 11 is 0. The van der Waals surface area contributed by atoms with E-state index < -0.39 is 47.4 Å². The number of aliphatic imine (C=N–C) groups is 1. The highest BCUT2D eigenvalue weighted by atomic mass is 19.3. The van der Waals surface area contributed by atoms with Crippen LogP contribution in [0.2, 0.25) is 0 Å². The van der Waals surface area contributed by atoms with Crippen LogP contribution in [0.25, 0.3) is 0 Å². The van der Waals surface area contributed by atoms with Crippen LogP contribution in [0.5, 0.6) is 0 Å². The lowest BCUT2D eigenvalue weighted by molar-refractivity contribution is -0.519. The highest BCUT2D eigenvalue weighted by Crippen LogP contribution is 2.43. The maximum absolute atomic E-state index is 14.4. The van der Waals surface area contributed by atoms with Crippen LogP contribution in [0.4, 0.5) is 8.78 Å². The minimum absolute atomic E-state index is 0.000214. The van der Waals surface area contributed by atoms with Gasteiger partial charge in [0.2, 0.25) is 5.79 Å². The van der Waals surface area contributed by atoms with Crippen LogP contribution in [-0.2, 0) is 17.1 Å². The molecule has 1 aliphatic carbocycles. The second-order valence-electron chi connectivity index (χ2n) is 8.95. The Hall–Kier alpha value is -3.52. The zero-order valence-electron chi connectivity index (χ0n) is 17.8. The summed E-state index contributed by atoms with van der Waals surface area (Å²) in [5.41, 5.74) is 9.80. The third-order valence-electron chi connectivity index (χ3n) is 7.08. The predicted molar refractivity (Wildman–Crippen MR) is 111 cm³/mol. The SMILES string of the molecule is NC1=N[C@@H](C(=O)O)[C@@H]2[NH+]=C(N)N[C@]23N1C[C@H](NC(=O)c1cccc2c1CCCC2(F)F)C3(O)O. The van der Waals surface area contributed by atoms with Gasteiger partial charge in [0.05, 0.1) is 6.54 Å². The average molecular weight is 480 g/mol. The highest BCUT2D eigenvalue weighted by molar-refractivity contribution is 5.97. The largest absolute Gasteiger partial charge is 0.480 e. The Kier molecular flexibility index (Phi) is 4.58. The molecule has 0 unspecified atom stereocenters. The lowest BCUT2D eigenvalue weighted by Crippen LogP contribution is -2.90. The maximum Gasteiger partial charge on any atom is 0.343 e. The van der Waals surface area contributed by atoms with Gasteiger partial charge in [0.25, 0.3) is 17.5 Å². The smallest absolute Gasteiger partial charge is 0.343 e. The monoisotopic (exact) mass is 480 g/mol. The molecule has 12 nitrogen and oxygen atoms in total. The Bertz CT molecular complexity index is 1160. The zero-order valence-corrected chi connectivity index (χ0v) is 17.8. The molecule has 0 aromatic heterocycles. The van der Waals surface area contributed by atoms with E-state index >= 15 is 0 Å². The van der Waals surface area contributed by atoms with Gasteiger partial charge in [-0.15, -0.1) is 0 Å². The molecule has 1 amide bonds. The number of alkyl halides is 2. The van der Waals surface area contributed by atoms with Gasteiger partial charge in [-0.05, 0) is 24.5 Å². The van der Waals surface area contributed by atoms with Crippen LogP contribution in [0, 0.1) is 0 Å². The van der Waals surface area contributed by atoms with Gasteiger partial charge in [0.1, 0.15) is 6.04 Å². The molecule has 5 rings (SSSR count). The van der Waals surface area contributed by atoms with Crippen molar-refractivity contribution in [1.82, 2.24) is 15.5 Å². The van der Waals surface area contributed by atoms with Gasteiger partial charge in [-0.1, -0.05) is 12.1 Å². The van der Waals surface area contributed by atoms with Gasteiger partial charge in [-0.2, -0.15) is 0 Å². The molecule has 1 aromatic carbocycles. The topological polar surface area (TPSA) is 200 Å². The molecule has 0 saturated carbocycles. The van der Waals surface area contributed by atoms with Gasteiger partial charge in [-0.3, -0.25) is 20.4 Å². The number of guanidine groups is 2. The van der Waals surface area contributed by atoms with E-state index in [0.717, 1.165) is 0 Å². The lowest BCUT2D eigenvalue weighted by Gasteiger charge is -2.45. The van der Waals surface area contributed by atoms with Crippen molar-refractivity contribution >= 4 is 23.8 Å². The molecule has 34 heavy (non-hydrogen) atoms. The Morgan fingerprint density at radius 3 is 2.74 bits per heavy atom. The fourth-order valence-corrected chi connectivity index (χ4v) is 5.55. The van der Waals surface area contributed by atoms with E-state index in [1.165, 1.54) is 23.1 Å². The van der Waals surface area contributed by atoms with E-state index in [1.54, 1.807) is 0 Å². The summed E-state index contributed by atoms with van der Waals surface area (Å²) in [6.07, 6.45) is 0.158. The number of halogens is 2. The molecular weight excluding hydrogens is 456 g/mol. The van der Waals surface area contributed by atoms with E-state index in [9.17, 15) is 33.7 Å².